The molecule has 5 nitrogen and oxygen atoms in total. The summed E-state index contributed by atoms with van der Waals surface area (Å²) in [6.07, 6.45) is 1.60. The summed E-state index contributed by atoms with van der Waals surface area (Å²) in [6.45, 7) is 3.44. The van der Waals surface area contributed by atoms with Crippen molar-refractivity contribution < 1.29 is 14.7 Å². The molecule has 18 heavy (non-hydrogen) atoms. The van der Waals surface area contributed by atoms with Crippen LogP contribution in [-0.2, 0) is 9.59 Å². The number of carbonyl (C=O) groups excluding carboxylic acids is 1. The van der Waals surface area contributed by atoms with Gasteiger partial charge in [0.05, 0.1) is 0 Å². The molecule has 1 aromatic rings. The van der Waals surface area contributed by atoms with Crippen LogP contribution in [0.5, 0.6) is 0 Å². The van der Waals surface area contributed by atoms with E-state index in [1.807, 2.05) is 12.1 Å². The predicted octanol–water partition coefficient (Wildman–Crippen LogP) is 2.09. The Morgan fingerprint density at radius 1 is 1.17 bits per heavy atom. The highest BCUT2D eigenvalue weighted by atomic mass is 16.4. The molecule has 0 unspecified atom stereocenters. The van der Waals surface area contributed by atoms with Crippen molar-refractivity contribution in [3.8, 4) is 0 Å². The Hall–Kier alpha value is -2.30. The summed E-state index contributed by atoms with van der Waals surface area (Å²) in [7, 11) is 0. The summed E-state index contributed by atoms with van der Waals surface area (Å²) in [5.41, 5.74) is 1.89. The normalized spacial score (nSPS) is 10.9. The Labute approximate surface area is 106 Å². The molecule has 1 rings (SSSR count). The minimum absolute atomic E-state index is 0.115. The Balaban J connectivity index is 2.51. The molecule has 0 saturated heterocycles. The van der Waals surface area contributed by atoms with Gasteiger partial charge in [0.1, 0.15) is 0 Å². The lowest BCUT2D eigenvalue weighted by atomic mass is 10.2. The SMILES string of the molecule is CC(=O)Nc1ccc(NC/C=C(/C)C(=O)O)cc1. The van der Waals surface area contributed by atoms with Gasteiger partial charge in [0.15, 0.2) is 0 Å². The molecular weight excluding hydrogens is 232 g/mol. The van der Waals surface area contributed by atoms with Crippen LogP contribution in [0.25, 0.3) is 0 Å². The van der Waals surface area contributed by atoms with Crippen LogP contribution in [0.15, 0.2) is 35.9 Å². The van der Waals surface area contributed by atoms with E-state index < -0.39 is 5.97 Å². The number of carboxylic acid groups (broad SMARTS) is 1. The van der Waals surface area contributed by atoms with Gasteiger partial charge in [-0.25, -0.2) is 4.79 Å². The number of hydrogen-bond acceptors (Lipinski definition) is 3. The van der Waals surface area contributed by atoms with E-state index in [1.54, 1.807) is 25.1 Å². The van der Waals surface area contributed by atoms with E-state index in [-0.39, 0.29) is 5.91 Å². The minimum Gasteiger partial charge on any atom is -0.478 e. The van der Waals surface area contributed by atoms with Crippen molar-refractivity contribution in [2.24, 2.45) is 0 Å². The molecule has 0 atom stereocenters. The van der Waals surface area contributed by atoms with E-state index in [1.165, 1.54) is 6.92 Å². The lowest BCUT2D eigenvalue weighted by Gasteiger charge is -2.06. The first-order valence-corrected chi connectivity index (χ1v) is 5.50. The lowest BCUT2D eigenvalue weighted by Crippen LogP contribution is -2.06. The number of aliphatic carboxylic acids is 1. The third-order valence-corrected chi connectivity index (χ3v) is 2.26. The number of amides is 1. The van der Waals surface area contributed by atoms with Crippen molar-refractivity contribution >= 4 is 23.3 Å². The first-order chi connectivity index (χ1) is 8.49. The van der Waals surface area contributed by atoms with Gasteiger partial charge in [-0.15, -0.1) is 0 Å². The summed E-state index contributed by atoms with van der Waals surface area (Å²) < 4.78 is 0. The summed E-state index contributed by atoms with van der Waals surface area (Å²) in [4.78, 5) is 21.4. The van der Waals surface area contributed by atoms with Gasteiger partial charge >= 0.3 is 5.97 Å². The van der Waals surface area contributed by atoms with E-state index in [9.17, 15) is 9.59 Å². The van der Waals surface area contributed by atoms with E-state index in [4.69, 9.17) is 5.11 Å². The molecule has 5 heteroatoms. The Kier molecular flexibility index (Phi) is 4.92. The first-order valence-electron chi connectivity index (χ1n) is 5.50. The average Bonchev–Trinajstić information content (AvgIpc) is 2.30. The van der Waals surface area contributed by atoms with Gasteiger partial charge in [0.2, 0.25) is 5.91 Å². The van der Waals surface area contributed by atoms with Gasteiger partial charge in [0, 0.05) is 30.4 Å². The molecule has 96 valence electrons. The van der Waals surface area contributed by atoms with Crippen LogP contribution in [0.2, 0.25) is 0 Å². The van der Waals surface area contributed by atoms with Crippen molar-refractivity contribution in [3.63, 3.8) is 0 Å². The predicted molar refractivity (Wildman–Crippen MR) is 70.6 cm³/mol. The van der Waals surface area contributed by atoms with Crippen molar-refractivity contribution in [3.05, 3.63) is 35.9 Å². The molecule has 0 aliphatic carbocycles. The van der Waals surface area contributed by atoms with Crippen molar-refractivity contribution in [1.29, 1.82) is 0 Å². The molecular formula is C13H16N2O3. The van der Waals surface area contributed by atoms with Crippen molar-refractivity contribution in [2.75, 3.05) is 17.2 Å². The number of rotatable bonds is 5. The standard InChI is InChI=1S/C13H16N2O3/c1-9(13(17)18)7-8-14-11-3-5-12(6-4-11)15-10(2)16/h3-7,14H,8H2,1-2H3,(H,15,16)(H,17,18)/b9-7-. The fraction of sp³-hybridized carbons (Fsp3) is 0.231. The molecule has 0 aromatic heterocycles. The van der Waals surface area contributed by atoms with Crippen LogP contribution in [0.3, 0.4) is 0 Å². The second-order valence-electron chi connectivity index (χ2n) is 3.83. The van der Waals surface area contributed by atoms with E-state index in [0.717, 1.165) is 11.4 Å². The Morgan fingerprint density at radius 2 is 1.72 bits per heavy atom. The van der Waals surface area contributed by atoms with Crippen molar-refractivity contribution in [2.45, 2.75) is 13.8 Å². The molecule has 0 bridgehead atoms. The zero-order chi connectivity index (χ0) is 13.5. The fourth-order valence-corrected chi connectivity index (χ4v) is 1.28. The van der Waals surface area contributed by atoms with E-state index in [0.29, 0.717) is 12.1 Å². The average molecular weight is 248 g/mol. The molecule has 0 saturated carbocycles. The second kappa shape index (κ2) is 6.44. The number of carboxylic acids is 1. The van der Waals surface area contributed by atoms with Crippen LogP contribution in [0, 0.1) is 0 Å². The molecule has 3 N–H and O–H groups in total. The number of hydrogen-bond donors (Lipinski definition) is 3. The third kappa shape index (κ3) is 4.69. The minimum atomic E-state index is -0.919. The van der Waals surface area contributed by atoms with Crippen molar-refractivity contribution in [1.82, 2.24) is 0 Å². The van der Waals surface area contributed by atoms with Crippen LogP contribution in [0.4, 0.5) is 11.4 Å². The topological polar surface area (TPSA) is 78.4 Å². The lowest BCUT2D eigenvalue weighted by molar-refractivity contribution is -0.132. The summed E-state index contributed by atoms with van der Waals surface area (Å²) >= 11 is 0. The molecule has 0 heterocycles. The van der Waals surface area contributed by atoms with E-state index in [2.05, 4.69) is 10.6 Å². The Morgan fingerprint density at radius 3 is 2.22 bits per heavy atom. The molecule has 0 aliphatic rings. The maximum absolute atomic E-state index is 10.8. The fourth-order valence-electron chi connectivity index (χ4n) is 1.28. The van der Waals surface area contributed by atoms with Crippen LogP contribution < -0.4 is 10.6 Å². The molecule has 0 spiro atoms. The zero-order valence-corrected chi connectivity index (χ0v) is 10.4. The Bertz CT molecular complexity index is 464. The highest BCUT2D eigenvalue weighted by Crippen LogP contribution is 2.13. The molecule has 0 fully saturated rings. The van der Waals surface area contributed by atoms with Gasteiger partial charge in [-0.3, -0.25) is 4.79 Å². The summed E-state index contributed by atoms with van der Waals surface area (Å²) in [5, 5.41) is 14.4. The van der Waals surface area contributed by atoms with Gasteiger partial charge in [-0.05, 0) is 31.2 Å². The largest absolute Gasteiger partial charge is 0.478 e. The number of carbonyl (C=O) groups is 2. The second-order valence-corrected chi connectivity index (χ2v) is 3.83. The quantitative estimate of drug-likeness (QED) is 0.697. The number of benzene rings is 1. The number of anilines is 2. The monoisotopic (exact) mass is 248 g/mol. The van der Waals surface area contributed by atoms with Gasteiger partial charge in [-0.1, -0.05) is 6.08 Å². The van der Waals surface area contributed by atoms with Gasteiger partial charge < -0.3 is 15.7 Å². The first kappa shape index (κ1) is 13.8. The molecule has 0 radical (unpaired) electrons. The maximum Gasteiger partial charge on any atom is 0.331 e. The van der Waals surface area contributed by atoms with Crippen LogP contribution in [-0.4, -0.2) is 23.5 Å². The zero-order valence-electron chi connectivity index (χ0n) is 10.4. The summed E-state index contributed by atoms with van der Waals surface area (Å²) in [6, 6.07) is 7.18. The molecule has 1 amide bonds. The van der Waals surface area contributed by atoms with Gasteiger partial charge in [-0.2, -0.15) is 0 Å². The molecule has 1 aromatic carbocycles. The van der Waals surface area contributed by atoms with E-state index >= 15 is 0 Å². The highest BCUT2D eigenvalue weighted by molar-refractivity contribution is 5.88. The van der Waals surface area contributed by atoms with Crippen LogP contribution in [0.1, 0.15) is 13.8 Å². The maximum atomic E-state index is 10.8. The number of nitrogens with one attached hydrogen (secondary N) is 2. The third-order valence-electron chi connectivity index (χ3n) is 2.26. The van der Waals surface area contributed by atoms with Crippen LogP contribution >= 0.6 is 0 Å². The highest BCUT2D eigenvalue weighted by Gasteiger charge is 1.98. The smallest absolute Gasteiger partial charge is 0.331 e. The van der Waals surface area contributed by atoms with Gasteiger partial charge in [0.25, 0.3) is 0 Å². The summed E-state index contributed by atoms with van der Waals surface area (Å²) in [5.74, 6) is -1.03. The molecule has 0 aliphatic heterocycles.